The third-order valence-electron chi connectivity index (χ3n) is 3.69. The van der Waals surface area contributed by atoms with E-state index in [-0.39, 0.29) is 5.91 Å². The number of likely N-dealkylation sites (tertiary alicyclic amines) is 1. The van der Waals surface area contributed by atoms with Gasteiger partial charge in [-0.1, -0.05) is 19.3 Å². The molecule has 0 aromatic heterocycles. The monoisotopic (exact) mass is 211 g/mol. The van der Waals surface area contributed by atoms with E-state index in [9.17, 15) is 9.90 Å². The molecule has 0 aromatic carbocycles. The van der Waals surface area contributed by atoms with Crippen LogP contribution in [0.15, 0.2) is 0 Å². The molecule has 0 unspecified atom stereocenters. The molecule has 1 aliphatic heterocycles. The molecule has 1 saturated carbocycles. The van der Waals surface area contributed by atoms with Crippen molar-refractivity contribution in [3.63, 3.8) is 0 Å². The fourth-order valence-electron chi connectivity index (χ4n) is 2.75. The molecule has 0 aromatic rings. The van der Waals surface area contributed by atoms with Gasteiger partial charge in [-0.15, -0.1) is 0 Å². The summed E-state index contributed by atoms with van der Waals surface area (Å²) in [5, 5.41) is 10.3. The van der Waals surface area contributed by atoms with Gasteiger partial charge in [0.1, 0.15) is 0 Å². The average molecular weight is 211 g/mol. The highest BCUT2D eigenvalue weighted by molar-refractivity contribution is 5.76. The van der Waals surface area contributed by atoms with Crippen LogP contribution in [0.4, 0.5) is 0 Å². The van der Waals surface area contributed by atoms with Gasteiger partial charge >= 0.3 is 0 Å². The lowest BCUT2D eigenvalue weighted by atomic mass is 9.84. The first-order valence-electron chi connectivity index (χ1n) is 6.20. The number of carbonyl (C=O) groups excluding carboxylic acids is 1. The molecule has 2 aliphatic rings. The van der Waals surface area contributed by atoms with E-state index in [1.54, 1.807) is 0 Å². The minimum absolute atomic E-state index is 0.236. The zero-order valence-corrected chi connectivity index (χ0v) is 9.37. The average Bonchev–Trinajstić information content (AvgIpc) is 2.22. The summed E-state index contributed by atoms with van der Waals surface area (Å²) in [7, 11) is 0. The van der Waals surface area contributed by atoms with E-state index in [0.29, 0.717) is 13.0 Å². The summed E-state index contributed by atoms with van der Waals surface area (Å²) in [4.78, 5) is 13.5. The second-order valence-corrected chi connectivity index (χ2v) is 5.06. The maximum Gasteiger partial charge on any atom is 0.222 e. The van der Waals surface area contributed by atoms with Crippen LogP contribution in [0.25, 0.3) is 0 Å². The number of β-amino-alcohol motifs (C(OH)–C–C–N with tert-alkyl or cyclic N) is 1. The molecule has 0 spiro atoms. The first-order valence-corrected chi connectivity index (χ1v) is 6.20. The van der Waals surface area contributed by atoms with Crippen LogP contribution in [-0.2, 0) is 4.79 Å². The third-order valence-corrected chi connectivity index (χ3v) is 3.69. The van der Waals surface area contributed by atoms with Crippen molar-refractivity contribution in [3.8, 4) is 0 Å². The maximum absolute atomic E-state index is 11.6. The Bertz CT molecular complexity index is 234. The van der Waals surface area contributed by atoms with Crippen molar-refractivity contribution < 1.29 is 9.90 Å². The van der Waals surface area contributed by atoms with Crippen LogP contribution in [-0.4, -0.2) is 34.6 Å². The van der Waals surface area contributed by atoms with Crippen molar-refractivity contribution in [2.75, 3.05) is 13.1 Å². The molecule has 1 amide bonds. The Morgan fingerprint density at radius 2 is 1.87 bits per heavy atom. The molecule has 0 bridgehead atoms. The predicted octanol–water partition coefficient (Wildman–Crippen LogP) is 1.69. The summed E-state index contributed by atoms with van der Waals surface area (Å²) in [5.74, 6) is 0.236. The molecule has 1 N–H and O–H groups in total. The SMILES string of the molecule is O=C1CCCCN1CC1(O)CCCCC1. The summed E-state index contributed by atoms with van der Waals surface area (Å²) in [6, 6.07) is 0. The number of hydrogen-bond donors (Lipinski definition) is 1. The zero-order chi connectivity index (χ0) is 10.7. The van der Waals surface area contributed by atoms with Crippen LogP contribution in [0.5, 0.6) is 0 Å². The quantitative estimate of drug-likeness (QED) is 0.755. The van der Waals surface area contributed by atoms with Crippen LogP contribution >= 0.6 is 0 Å². The minimum Gasteiger partial charge on any atom is -0.388 e. The van der Waals surface area contributed by atoms with Gasteiger partial charge in [-0.2, -0.15) is 0 Å². The van der Waals surface area contributed by atoms with Crippen LogP contribution in [0.1, 0.15) is 51.4 Å². The predicted molar refractivity (Wildman–Crippen MR) is 58.5 cm³/mol. The molecule has 1 aliphatic carbocycles. The molecule has 3 nitrogen and oxygen atoms in total. The van der Waals surface area contributed by atoms with Gasteiger partial charge in [0, 0.05) is 19.5 Å². The van der Waals surface area contributed by atoms with E-state index < -0.39 is 5.60 Å². The first-order chi connectivity index (χ1) is 7.20. The number of nitrogens with zero attached hydrogens (tertiary/aromatic N) is 1. The van der Waals surface area contributed by atoms with Crippen LogP contribution in [0.2, 0.25) is 0 Å². The lowest BCUT2D eigenvalue weighted by molar-refractivity contribution is -0.138. The number of amides is 1. The Labute approximate surface area is 91.5 Å². The molecule has 1 saturated heterocycles. The molecule has 2 fully saturated rings. The van der Waals surface area contributed by atoms with Gasteiger partial charge in [-0.25, -0.2) is 0 Å². The summed E-state index contributed by atoms with van der Waals surface area (Å²) in [6.45, 7) is 1.42. The van der Waals surface area contributed by atoms with Gasteiger partial charge < -0.3 is 10.0 Å². The van der Waals surface area contributed by atoms with Gasteiger partial charge in [-0.05, 0) is 25.7 Å². The van der Waals surface area contributed by atoms with E-state index in [1.165, 1.54) is 6.42 Å². The zero-order valence-electron chi connectivity index (χ0n) is 9.37. The Morgan fingerprint density at radius 3 is 2.53 bits per heavy atom. The largest absolute Gasteiger partial charge is 0.388 e. The Kier molecular flexibility index (Phi) is 3.29. The van der Waals surface area contributed by atoms with Gasteiger partial charge in [-0.3, -0.25) is 4.79 Å². The van der Waals surface area contributed by atoms with Gasteiger partial charge in [0.2, 0.25) is 5.91 Å². The van der Waals surface area contributed by atoms with E-state index in [0.717, 1.165) is 45.1 Å². The highest BCUT2D eigenvalue weighted by Gasteiger charge is 2.33. The van der Waals surface area contributed by atoms with Crippen LogP contribution in [0, 0.1) is 0 Å². The number of piperidine rings is 1. The molecular weight excluding hydrogens is 190 g/mol. The normalized spacial score (nSPS) is 26.7. The number of carbonyl (C=O) groups is 1. The third kappa shape index (κ3) is 2.71. The van der Waals surface area contributed by atoms with E-state index in [1.807, 2.05) is 4.90 Å². The number of hydrogen-bond acceptors (Lipinski definition) is 2. The highest BCUT2D eigenvalue weighted by atomic mass is 16.3. The van der Waals surface area contributed by atoms with Crippen molar-refractivity contribution in [2.24, 2.45) is 0 Å². The van der Waals surface area contributed by atoms with Crippen molar-refractivity contribution in [2.45, 2.75) is 57.0 Å². The lowest BCUT2D eigenvalue weighted by Crippen LogP contribution is -2.48. The summed E-state index contributed by atoms with van der Waals surface area (Å²) >= 11 is 0. The molecule has 3 heteroatoms. The Balaban J connectivity index is 1.91. The van der Waals surface area contributed by atoms with Crippen molar-refractivity contribution in [1.29, 1.82) is 0 Å². The first kappa shape index (κ1) is 10.9. The van der Waals surface area contributed by atoms with E-state index in [4.69, 9.17) is 0 Å². The van der Waals surface area contributed by atoms with Gasteiger partial charge in [0.25, 0.3) is 0 Å². The van der Waals surface area contributed by atoms with Crippen molar-refractivity contribution in [3.05, 3.63) is 0 Å². The second-order valence-electron chi connectivity index (χ2n) is 5.06. The van der Waals surface area contributed by atoms with Gasteiger partial charge in [0.15, 0.2) is 0 Å². The summed E-state index contributed by atoms with van der Waals surface area (Å²) < 4.78 is 0. The molecule has 0 atom stereocenters. The van der Waals surface area contributed by atoms with E-state index >= 15 is 0 Å². The fourth-order valence-corrected chi connectivity index (χ4v) is 2.75. The molecule has 0 radical (unpaired) electrons. The molecule has 86 valence electrons. The summed E-state index contributed by atoms with van der Waals surface area (Å²) in [5.41, 5.74) is -0.578. The standard InChI is InChI=1S/C12H21NO2/c14-11-6-2-5-9-13(11)10-12(15)7-3-1-4-8-12/h15H,1-10H2. The van der Waals surface area contributed by atoms with Crippen LogP contribution in [0.3, 0.4) is 0 Å². The molecule has 2 rings (SSSR count). The molecule has 15 heavy (non-hydrogen) atoms. The fraction of sp³-hybridized carbons (Fsp3) is 0.917. The molecular formula is C12H21NO2. The maximum atomic E-state index is 11.6. The number of aliphatic hydroxyl groups is 1. The van der Waals surface area contributed by atoms with E-state index in [2.05, 4.69) is 0 Å². The number of rotatable bonds is 2. The second kappa shape index (κ2) is 4.52. The van der Waals surface area contributed by atoms with Crippen molar-refractivity contribution in [1.82, 2.24) is 4.90 Å². The molecule has 1 heterocycles. The van der Waals surface area contributed by atoms with Gasteiger partial charge in [0.05, 0.1) is 5.60 Å². The Morgan fingerprint density at radius 1 is 1.13 bits per heavy atom. The topological polar surface area (TPSA) is 40.5 Å². The van der Waals surface area contributed by atoms with Crippen LogP contribution < -0.4 is 0 Å². The lowest BCUT2D eigenvalue weighted by Gasteiger charge is -2.38. The Hall–Kier alpha value is -0.570. The highest BCUT2D eigenvalue weighted by Crippen LogP contribution is 2.29. The minimum atomic E-state index is -0.578. The summed E-state index contributed by atoms with van der Waals surface area (Å²) in [6.07, 6.45) is 7.99. The van der Waals surface area contributed by atoms with Crippen molar-refractivity contribution >= 4 is 5.91 Å². The smallest absolute Gasteiger partial charge is 0.222 e.